The molecule has 4 heteroatoms. The van der Waals surface area contributed by atoms with Crippen molar-refractivity contribution in [2.24, 2.45) is 0 Å². The van der Waals surface area contributed by atoms with E-state index in [0.29, 0.717) is 26.2 Å². The highest BCUT2D eigenvalue weighted by molar-refractivity contribution is 5.26. The van der Waals surface area contributed by atoms with Gasteiger partial charge >= 0.3 is 0 Å². The second-order valence-corrected chi connectivity index (χ2v) is 7.86. The third-order valence-electron chi connectivity index (χ3n) is 5.68. The van der Waals surface area contributed by atoms with Crippen LogP contribution in [0.1, 0.15) is 30.0 Å². The van der Waals surface area contributed by atoms with Crippen molar-refractivity contribution in [3.63, 3.8) is 0 Å². The van der Waals surface area contributed by atoms with Crippen LogP contribution in [-0.2, 0) is 33.0 Å². The second kappa shape index (κ2) is 9.11. The molecule has 1 saturated heterocycles. The molecule has 4 nitrogen and oxygen atoms in total. The average Bonchev–Trinajstić information content (AvgIpc) is 2.79. The van der Waals surface area contributed by atoms with Gasteiger partial charge in [-0.25, -0.2) is 0 Å². The van der Waals surface area contributed by atoms with E-state index in [1.54, 1.807) is 0 Å². The minimum absolute atomic E-state index is 0.355. The van der Waals surface area contributed by atoms with E-state index in [9.17, 15) is 5.11 Å². The van der Waals surface area contributed by atoms with Crippen LogP contribution in [0.5, 0.6) is 0 Å². The zero-order valence-electron chi connectivity index (χ0n) is 17.2. The first kappa shape index (κ1) is 20.8. The molecular formula is C26H28O4. The standard InChI is InChI=1S/C26H28O4/c1-25(30-20-22-13-7-3-8-14-22)24(28-19-21-11-5-2-6-12-21)26(27,17-18-29-25)23-15-9-4-10-16-23/h2-16,24,27H,17-20H2,1H3. The number of benzene rings is 3. The Kier molecular flexibility index (Phi) is 6.30. The lowest BCUT2D eigenvalue weighted by Gasteiger charge is -2.49. The first-order valence-corrected chi connectivity index (χ1v) is 10.4. The molecule has 0 radical (unpaired) electrons. The predicted molar refractivity (Wildman–Crippen MR) is 116 cm³/mol. The molecule has 3 aromatic rings. The summed E-state index contributed by atoms with van der Waals surface area (Å²) in [6.07, 6.45) is -0.272. The van der Waals surface area contributed by atoms with Gasteiger partial charge in [-0.2, -0.15) is 0 Å². The third-order valence-corrected chi connectivity index (χ3v) is 5.68. The van der Waals surface area contributed by atoms with E-state index in [4.69, 9.17) is 14.2 Å². The van der Waals surface area contributed by atoms with E-state index in [2.05, 4.69) is 0 Å². The molecule has 3 aromatic carbocycles. The fraction of sp³-hybridized carbons (Fsp3) is 0.308. The van der Waals surface area contributed by atoms with Gasteiger partial charge in [0, 0.05) is 6.42 Å². The summed E-state index contributed by atoms with van der Waals surface area (Å²) >= 11 is 0. The van der Waals surface area contributed by atoms with Gasteiger partial charge < -0.3 is 19.3 Å². The second-order valence-electron chi connectivity index (χ2n) is 7.86. The van der Waals surface area contributed by atoms with Crippen molar-refractivity contribution in [3.8, 4) is 0 Å². The molecule has 1 aliphatic rings. The fourth-order valence-electron chi connectivity index (χ4n) is 4.03. The van der Waals surface area contributed by atoms with Gasteiger partial charge in [0.05, 0.1) is 19.8 Å². The molecule has 0 aliphatic carbocycles. The van der Waals surface area contributed by atoms with Gasteiger partial charge in [-0.3, -0.25) is 0 Å². The first-order chi connectivity index (χ1) is 14.6. The molecule has 1 heterocycles. The van der Waals surface area contributed by atoms with Gasteiger partial charge in [0.25, 0.3) is 0 Å². The summed E-state index contributed by atoms with van der Waals surface area (Å²) in [5.74, 6) is -1.10. The molecule has 0 saturated carbocycles. The van der Waals surface area contributed by atoms with Crippen LogP contribution in [0.15, 0.2) is 91.0 Å². The molecule has 1 fully saturated rings. The van der Waals surface area contributed by atoms with Crippen molar-refractivity contribution < 1.29 is 19.3 Å². The number of ether oxygens (including phenoxy) is 3. The minimum atomic E-state index is -1.22. The largest absolute Gasteiger partial charge is 0.382 e. The normalized spacial score (nSPS) is 26.4. The molecule has 30 heavy (non-hydrogen) atoms. The van der Waals surface area contributed by atoms with Gasteiger partial charge in [-0.05, 0) is 23.6 Å². The van der Waals surface area contributed by atoms with Crippen molar-refractivity contribution in [2.75, 3.05) is 6.61 Å². The maximum atomic E-state index is 11.8. The Morgan fingerprint density at radius 2 is 1.37 bits per heavy atom. The lowest BCUT2D eigenvalue weighted by atomic mass is 9.79. The summed E-state index contributed by atoms with van der Waals surface area (Å²) in [5.41, 5.74) is 1.66. The summed E-state index contributed by atoms with van der Waals surface area (Å²) in [4.78, 5) is 0. The monoisotopic (exact) mass is 404 g/mol. The quantitative estimate of drug-likeness (QED) is 0.614. The van der Waals surface area contributed by atoms with Gasteiger partial charge in [-0.15, -0.1) is 0 Å². The topological polar surface area (TPSA) is 47.9 Å². The van der Waals surface area contributed by atoms with Gasteiger partial charge in [0.1, 0.15) is 11.7 Å². The maximum Gasteiger partial charge on any atom is 0.195 e. The number of rotatable bonds is 7. The zero-order chi connectivity index (χ0) is 20.9. The van der Waals surface area contributed by atoms with E-state index in [1.165, 1.54) is 0 Å². The molecule has 0 spiro atoms. The van der Waals surface area contributed by atoms with Crippen LogP contribution in [-0.4, -0.2) is 23.6 Å². The Labute approximate surface area is 178 Å². The van der Waals surface area contributed by atoms with Gasteiger partial charge in [0.15, 0.2) is 5.79 Å². The molecule has 156 valence electrons. The number of hydrogen-bond donors (Lipinski definition) is 1. The fourth-order valence-corrected chi connectivity index (χ4v) is 4.03. The lowest BCUT2D eigenvalue weighted by molar-refractivity contribution is -0.352. The minimum Gasteiger partial charge on any atom is -0.382 e. The van der Waals surface area contributed by atoms with Crippen LogP contribution >= 0.6 is 0 Å². The van der Waals surface area contributed by atoms with Crippen LogP contribution in [0.4, 0.5) is 0 Å². The Morgan fingerprint density at radius 3 is 1.97 bits per heavy atom. The van der Waals surface area contributed by atoms with Crippen LogP contribution in [0.3, 0.4) is 0 Å². The summed E-state index contributed by atoms with van der Waals surface area (Å²) in [6, 6.07) is 29.6. The highest BCUT2D eigenvalue weighted by Gasteiger charge is 2.55. The zero-order valence-corrected chi connectivity index (χ0v) is 17.2. The molecule has 1 aliphatic heterocycles. The molecule has 1 N–H and O–H groups in total. The molecule has 0 aromatic heterocycles. The smallest absolute Gasteiger partial charge is 0.195 e. The van der Waals surface area contributed by atoms with Crippen molar-refractivity contribution in [3.05, 3.63) is 108 Å². The predicted octanol–water partition coefficient (Wildman–Crippen LogP) is 4.81. The van der Waals surface area contributed by atoms with E-state index in [1.807, 2.05) is 97.9 Å². The van der Waals surface area contributed by atoms with E-state index in [0.717, 1.165) is 16.7 Å². The lowest BCUT2D eigenvalue weighted by Crippen LogP contribution is -2.61. The first-order valence-electron chi connectivity index (χ1n) is 10.4. The summed E-state index contributed by atoms with van der Waals surface area (Å²) in [5, 5.41) is 11.8. The maximum absolute atomic E-state index is 11.8. The van der Waals surface area contributed by atoms with Crippen molar-refractivity contribution in [2.45, 2.75) is 44.1 Å². The van der Waals surface area contributed by atoms with Crippen LogP contribution in [0, 0.1) is 0 Å². The molecule has 0 amide bonds. The van der Waals surface area contributed by atoms with Crippen molar-refractivity contribution in [1.29, 1.82) is 0 Å². The SMILES string of the molecule is CC1(OCc2ccccc2)OCCC(O)(c2ccccc2)C1OCc1ccccc1. The molecule has 3 unspecified atom stereocenters. The summed E-state index contributed by atoms with van der Waals surface area (Å²) in [6.45, 7) is 2.96. The third kappa shape index (κ3) is 4.47. The Morgan fingerprint density at radius 1 is 0.833 bits per heavy atom. The van der Waals surface area contributed by atoms with Crippen molar-refractivity contribution >= 4 is 0 Å². The Balaban J connectivity index is 1.62. The van der Waals surface area contributed by atoms with E-state index >= 15 is 0 Å². The summed E-state index contributed by atoms with van der Waals surface area (Å²) < 4.78 is 18.7. The molecule has 3 atom stereocenters. The molecular weight excluding hydrogens is 376 g/mol. The van der Waals surface area contributed by atoms with Crippen LogP contribution < -0.4 is 0 Å². The summed E-state index contributed by atoms with van der Waals surface area (Å²) in [7, 11) is 0. The number of hydrogen-bond acceptors (Lipinski definition) is 4. The van der Waals surface area contributed by atoms with Crippen molar-refractivity contribution in [1.82, 2.24) is 0 Å². The highest BCUT2D eigenvalue weighted by Crippen LogP contribution is 2.43. The van der Waals surface area contributed by atoms with Gasteiger partial charge in [-0.1, -0.05) is 91.0 Å². The van der Waals surface area contributed by atoms with Crippen LogP contribution in [0.25, 0.3) is 0 Å². The Bertz CT molecular complexity index is 916. The molecule has 4 rings (SSSR count). The highest BCUT2D eigenvalue weighted by atomic mass is 16.7. The average molecular weight is 405 g/mol. The Hall–Kier alpha value is -2.50. The van der Waals surface area contributed by atoms with E-state index in [-0.39, 0.29) is 0 Å². The number of aliphatic hydroxyl groups is 1. The molecule has 0 bridgehead atoms. The van der Waals surface area contributed by atoms with Crippen LogP contribution in [0.2, 0.25) is 0 Å². The van der Waals surface area contributed by atoms with E-state index < -0.39 is 17.5 Å². The van der Waals surface area contributed by atoms with Gasteiger partial charge in [0.2, 0.25) is 0 Å².